The Balaban J connectivity index is 1.70. The van der Waals surface area contributed by atoms with Gasteiger partial charge >= 0.3 is 0 Å². The molecule has 2 saturated heterocycles. The van der Waals surface area contributed by atoms with E-state index in [1.165, 1.54) is 32.1 Å². The van der Waals surface area contributed by atoms with E-state index >= 15 is 0 Å². The van der Waals surface area contributed by atoms with Gasteiger partial charge in [0.05, 0.1) is 6.04 Å². The molecule has 94 valence electrons. The van der Waals surface area contributed by atoms with E-state index in [9.17, 15) is 0 Å². The highest BCUT2D eigenvalue weighted by Gasteiger charge is 2.24. The molecule has 0 aromatic carbocycles. The van der Waals surface area contributed by atoms with Gasteiger partial charge < -0.3 is 14.7 Å². The SMILES string of the molecule is C1CCCN(c2noc([C@@H]3CCCN3)n2)CC1. The average molecular weight is 236 g/mol. The van der Waals surface area contributed by atoms with Gasteiger partial charge in [0.15, 0.2) is 0 Å². The maximum absolute atomic E-state index is 5.38. The lowest BCUT2D eigenvalue weighted by Crippen LogP contribution is -2.25. The molecule has 1 aromatic heterocycles. The molecule has 3 heterocycles. The molecule has 0 spiro atoms. The number of nitrogens with one attached hydrogen (secondary N) is 1. The van der Waals surface area contributed by atoms with Crippen LogP contribution in [0.2, 0.25) is 0 Å². The van der Waals surface area contributed by atoms with Gasteiger partial charge in [-0.15, -0.1) is 0 Å². The van der Waals surface area contributed by atoms with Crippen LogP contribution in [0.4, 0.5) is 5.95 Å². The molecule has 0 bridgehead atoms. The fourth-order valence-electron chi connectivity index (χ4n) is 2.66. The summed E-state index contributed by atoms with van der Waals surface area (Å²) >= 11 is 0. The Kier molecular flexibility index (Phi) is 3.27. The molecular weight excluding hydrogens is 216 g/mol. The van der Waals surface area contributed by atoms with E-state index in [4.69, 9.17) is 4.52 Å². The zero-order valence-electron chi connectivity index (χ0n) is 10.2. The van der Waals surface area contributed by atoms with Gasteiger partial charge in [0.2, 0.25) is 5.89 Å². The molecule has 5 heteroatoms. The van der Waals surface area contributed by atoms with Gasteiger partial charge in [-0.25, -0.2) is 0 Å². The summed E-state index contributed by atoms with van der Waals surface area (Å²) in [5.41, 5.74) is 0. The van der Waals surface area contributed by atoms with Gasteiger partial charge in [-0.2, -0.15) is 4.98 Å². The summed E-state index contributed by atoms with van der Waals surface area (Å²) < 4.78 is 5.38. The monoisotopic (exact) mass is 236 g/mol. The number of anilines is 1. The van der Waals surface area contributed by atoms with E-state index in [0.717, 1.165) is 37.9 Å². The van der Waals surface area contributed by atoms with Gasteiger partial charge in [0.1, 0.15) is 0 Å². The van der Waals surface area contributed by atoms with E-state index in [2.05, 4.69) is 20.4 Å². The molecule has 2 fully saturated rings. The summed E-state index contributed by atoms with van der Waals surface area (Å²) in [5.74, 6) is 1.55. The van der Waals surface area contributed by atoms with Crippen LogP contribution in [-0.2, 0) is 0 Å². The standard InChI is InChI=1S/C12H20N4O/c1-2-4-9-16(8-3-1)12-14-11(17-15-12)10-6-5-7-13-10/h10,13H,1-9H2/t10-/m0/s1. The maximum Gasteiger partial charge on any atom is 0.266 e. The lowest BCUT2D eigenvalue weighted by molar-refractivity contribution is 0.344. The van der Waals surface area contributed by atoms with Crippen LogP contribution < -0.4 is 10.2 Å². The molecule has 2 aliphatic heterocycles. The molecule has 0 unspecified atom stereocenters. The minimum Gasteiger partial charge on any atom is -0.338 e. The summed E-state index contributed by atoms with van der Waals surface area (Å²) in [6, 6.07) is 0.281. The molecule has 0 radical (unpaired) electrons. The van der Waals surface area contributed by atoms with Gasteiger partial charge in [0.25, 0.3) is 5.95 Å². The van der Waals surface area contributed by atoms with E-state index in [1.54, 1.807) is 0 Å². The first-order valence-corrected chi connectivity index (χ1v) is 6.75. The molecule has 1 atom stereocenters. The average Bonchev–Trinajstić information content (AvgIpc) is 2.95. The van der Waals surface area contributed by atoms with Crippen molar-refractivity contribution in [2.45, 2.75) is 44.6 Å². The predicted molar refractivity (Wildman–Crippen MR) is 65.0 cm³/mol. The Morgan fingerprint density at radius 2 is 1.94 bits per heavy atom. The van der Waals surface area contributed by atoms with Gasteiger partial charge in [-0.05, 0) is 37.4 Å². The summed E-state index contributed by atoms with van der Waals surface area (Å²) in [6.07, 6.45) is 7.45. The second-order valence-corrected chi connectivity index (χ2v) is 4.98. The van der Waals surface area contributed by atoms with Crippen molar-refractivity contribution in [2.75, 3.05) is 24.5 Å². The zero-order valence-corrected chi connectivity index (χ0v) is 10.2. The predicted octanol–water partition coefficient (Wildman–Crippen LogP) is 1.87. The highest BCUT2D eigenvalue weighted by atomic mass is 16.5. The van der Waals surface area contributed by atoms with Crippen LogP contribution in [0.25, 0.3) is 0 Å². The second kappa shape index (κ2) is 5.04. The third kappa shape index (κ3) is 2.44. The first kappa shape index (κ1) is 11.0. The lowest BCUT2D eigenvalue weighted by Gasteiger charge is -2.16. The van der Waals surface area contributed by atoms with Gasteiger partial charge in [-0.3, -0.25) is 0 Å². The Morgan fingerprint density at radius 1 is 1.12 bits per heavy atom. The third-order valence-electron chi connectivity index (χ3n) is 3.68. The van der Waals surface area contributed by atoms with Crippen molar-refractivity contribution in [1.29, 1.82) is 0 Å². The highest BCUT2D eigenvalue weighted by Crippen LogP contribution is 2.24. The Morgan fingerprint density at radius 3 is 2.65 bits per heavy atom. The first-order chi connectivity index (χ1) is 8.43. The number of hydrogen-bond donors (Lipinski definition) is 1. The van der Waals surface area contributed by atoms with E-state index in [-0.39, 0.29) is 6.04 Å². The number of hydrogen-bond acceptors (Lipinski definition) is 5. The molecule has 3 rings (SSSR count). The molecular formula is C12H20N4O. The van der Waals surface area contributed by atoms with Crippen molar-refractivity contribution in [3.05, 3.63) is 5.89 Å². The Labute approximate surface area is 102 Å². The van der Waals surface area contributed by atoms with Crippen LogP contribution in [0.1, 0.15) is 50.5 Å². The Hall–Kier alpha value is -1.10. The molecule has 0 amide bonds. The minimum atomic E-state index is 0.281. The van der Waals surface area contributed by atoms with Crippen molar-refractivity contribution in [3.8, 4) is 0 Å². The van der Waals surface area contributed by atoms with E-state index < -0.39 is 0 Å². The minimum absolute atomic E-state index is 0.281. The molecule has 2 aliphatic rings. The maximum atomic E-state index is 5.38. The van der Waals surface area contributed by atoms with Crippen LogP contribution in [0, 0.1) is 0 Å². The number of nitrogens with zero attached hydrogens (tertiary/aromatic N) is 3. The van der Waals surface area contributed by atoms with Crippen LogP contribution in [0.15, 0.2) is 4.52 Å². The molecule has 5 nitrogen and oxygen atoms in total. The van der Waals surface area contributed by atoms with Crippen LogP contribution in [0.3, 0.4) is 0 Å². The fraction of sp³-hybridized carbons (Fsp3) is 0.833. The summed E-state index contributed by atoms with van der Waals surface area (Å²) in [6.45, 7) is 3.19. The third-order valence-corrected chi connectivity index (χ3v) is 3.68. The van der Waals surface area contributed by atoms with Crippen molar-refractivity contribution in [1.82, 2.24) is 15.5 Å². The van der Waals surface area contributed by atoms with Crippen LogP contribution >= 0.6 is 0 Å². The topological polar surface area (TPSA) is 54.2 Å². The summed E-state index contributed by atoms with van der Waals surface area (Å²) in [4.78, 5) is 6.80. The summed E-state index contributed by atoms with van der Waals surface area (Å²) in [7, 11) is 0. The van der Waals surface area contributed by atoms with Crippen LogP contribution in [0.5, 0.6) is 0 Å². The summed E-state index contributed by atoms with van der Waals surface area (Å²) in [5, 5.41) is 7.51. The van der Waals surface area contributed by atoms with E-state index in [0.29, 0.717) is 0 Å². The highest BCUT2D eigenvalue weighted by molar-refractivity contribution is 5.28. The quantitative estimate of drug-likeness (QED) is 0.849. The number of rotatable bonds is 2. The first-order valence-electron chi connectivity index (χ1n) is 6.75. The largest absolute Gasteiger partial charge is 0.338 e. The van der Waals surface area contributed by atoms with Crippen molar-refractivity contribution in [3.63, 3.8) is 0 Å². The van der Waals surface area contributed by atoms with Gasteiger partial charge in [0, 0.05) is 13.1 Å². The van der Waals surface area contributed by atoms with Crippen molar-refractivity contribution < 1.29 is 4.52 Å². The molecule has 0 saturated carbocycles. The zero-order chi connectivity index (χ0) is 11.5. The van der Waals surface area contributed by atoms with Gasteiger partial charge in [-0.1, -0.05) is 12.8 Å². The smallest absolute Gasteiger partial charge is 0.266 e. The molecule has 0 aliphatic carbocycles. The second-order valence-electron chi connectivity index (χ2n) is 4.98. The normalized spacial score (nSPS) is 26.1. The van der Waals surface area contributed by atoms with Crippen molar-refractivity contribution in [2.24, 2.45) is 0 Å². The van der Waals surface area contributed by atoms with E-state index in [1.807, 2.05) is 0 Å². The lowest BCUT2D eigenvalue weighted by atomic mass is 10.2. The fourth-order valence-corrected chi connectivity index (χ4v) is 2.66. The van der Waals surface area contributed by atoms with Crippen molar-refractivity contribution >= 4 is 5.95 Å². The molecule has 17 heavy (non-hydrogen) atoms. The molecule has 1 aromatic rings. The number of aromatic nitrogens is 2. The Bertz CT molecular complexity index is 351. The van der Waals surface area contributed by atoms with Crippen LogP contribution in [-0.4, -0.2) is 29.8 Å². The molecule has 1 N–H and O–H groups in total.